The second kappa shape index (κ2) is 8.02. The number of carbonyl (C=O) groups is 2. The first-order chi connectivity index (χ1) is 15.5. The van der Waals surface area contributed by atoms with Crippen LogP contribution in [0, 0.1) is 0 Å². The van der Waals surface area contributed by atoms with Crippen LogP contribution in [0.15, 0.2) is 48.7 Å². The molecule has 1 aromatic carbocycles. The van der Waals surface area contributed by atoms with Crippen LogP contribution in [-0.2, 0) is 24.9 Å². The second-order valence-corrected chi connectivity index (χ2v) is 8.62. The van der Waals surface area contributed by atoms with Gasteiger partial charge in [-0.15, -0.1) is 0 Å². The number of benzene rings is 1. The molecular weight excluding hydrogens is 404 g/mol. The van der Waals surface area contributed by atoms with Crippen molar-refractivity contribution in [2.24, 2.45) is 7.05 Å². The summed E-state index contributed by atoms with van der Waals surface area (Å²) in [5.41, 5.74) is 2.09. The molecule has 2 aliphatic heterocycles. The third-order valence-electron chi connectivity index (χ3n) is 6.91. The highest BCUT2D eigenvalue weighted by Crippen LogP contribution is 2.38. The Hall–Kier alpha value is -3.26. The van der Waals surface area contributed by atoms with Crippen molar-refractivity contribution in [3.8, 4) is 0 Å². The predicted molar refractivity (Wildman–Crippen MR) is 121 cm³/mol. The highest BCUT2D eigenvalue weighted by atomic mass is 16.2. The molecule has 3 aromatic rings. The van der Waals surface area contributed by atoms with Gasteiger partial charge in [-0.3, -0.25) is 19.6 Å². The summed E-state index contributed by atoms with van der Waals surface area (Å²) < 4.78 is 2.14. The molecule has 4 heterocycles. The molecule has 2 saturated heterocycles. The zero-order valence-corrected chi connectivity index (χ0v) is 18.6. The number of nitrogens with zero attached hydrogens (tertiary/aromatic N) is 6. The van der Waals surface area contributed by atoms with Gasteiger partial charge < -0.3 is 9.47 Å². The molecule has 8 nitrogen and oxygen atoms in total. The molecule has 3 amide bonds. The first-order valence-corrected chi connectivity index (χ1v) is 11.2. The molecule has 32 heavy (non-hydrogen) atoms. The number of fused-ring (bicyclic) bond motifs is 1. The number of carbonyl (C=O) groups excluding carboxylic acids is 2. The van der Waals surface area contributed by atoms with Crippen molar-refractivity contribution in [1.82, 2.24) is 29.2 Å². The van der Waals surface area contributed by atoms with Gasteiger partial charge in [0.1, 0.15) is 11.4 Å². The second-order valence-electron chi connectivity index (χ2n) is 8.62. The summed E-state index contributed by atoms with van der Waals surface area (Å²) >= 11 is 0. The Morgan fingerprint density at radius 2 is 1.75 bits per heavy atom. The number of imide groups is 1. The molecule has 0 atom stereocenters. The number of hydrogen-bond acceptors (Lipinski definition) is 5. The van der Waals surface area contributed by atoms with E-state index < -0.39 is 5.54 Å². The van der Waals surface area contributed by atoms with Gasteiger partial charge in [-0.2, -0.15) is 0 Å². The van der Waals surface area contributed by atoms with E-state index in [1.165, 1.54) is 4.90 Å². The van der Waals surface area contributed by atoms with Crippen molar-refractivity contribution in [3.05, 3.63) is 60.2 Å². The Labute approximate surface area is 187 Å². The Balaban J connectivity index is 1.32. The highest BCUT2D eigenvalue weighted by molar-refractivity contribution is 6.07. The summed E-state index contributed by atoms with van der Waals surface area (Å²) in [6, 6.07) is 13.5. The maximum atomic E-state index is 13.5. The Kier molecular flexibility index (Phi) is 5.17. The number of likely N-dealkylation sites (N-methyl/N-ethyl adjacent to an activating group) is 1. The molecule has 2 aromatic heterocycles. The minimum absolute atomic E-state index is 0.0858. The summed E-state index contributed by atoms with van der Waals surface area (Å²) in [6.45, 7) is 4.91. The van der Waals surface area contributed by atoms with Gasteiger partial charge in [0.05, 0.1) is 29.8 Å². The fourth-order valence-corrected chi connectivity index (χ4v) is 5.12. The first-order valence-electron chi connectivity index (χ1n) is 11.2. The molecule has 8 heteroatoms. The lowest BCUT2D eigenvalue weighted by Gasteiger charge is -2.41. The molecule has 0 bridgehead atoms. The smallest absolute Gasteiger partial charge is 0.328 e. The van der Waals surface area contributed by atoms with Crippen molar-refractivity contribution >= 4 is 23.0 Å². The fraction of sp³-hybridized carbons (Fsp3) is 0.417. The zero-order valence-electron chi connectivity index (χ0n) is 18.6. The molecule has 2 aliphatic rings. The fourth-order valence-electron chi connectivity index (χ4n) is 5.12. The van der Waals surface area contributed by atoms with Crippen LogP contribution in [0.1, 0.15) is 31.3 Å². The third kappa shape index (κ3) is 3.26. The maximum absolute atomic E-state index is 13.5. The van der Waals surface area contributed by atoms with Crippen LogP contribution < -0.4 is 0 Å². The number of pyridine rings is 1. The van der Waals surface area contributed by atoms with E-state index in [-0.39, 0.29) is 18.5 Å². The number of aromatic nitrogens is 3. The summed E-state index contributed by atoms with van der Waals surface area (Å²) in [5, 5.41) is 0. The van der Waals surface area contributed by atoms with Gasteiger partial charge in [-0.1, -0.05) is 18.2 Å². The van der Waals surface area contributed by atoms with E-state index in [2.05, 4.69) is 20.5 Å². The SMILES string of the molecule is CCN1C(=O)N(Cc2ccccn2)C(=O)C12CCN(Cc1nc3ccccc3n1C)CC2. The van der Waals surface area contributed by atoms with Crippen molar-refractivity contribution in [3.63, 3.8) is 0 Å². The average molecular weight is 433 g/mol. The Morgan fingerprint density at radius 1 is 1.00 bits per heavy atom. The summed E-state index contributed by atoms with van der Waals surface area (Å²) in [6.07, 6.45) is 2.95. The van der Waals surface area contributed by atoms with E-state index in [9.17, 15) is 9.59 Å². The number of likely N-dealkylation sites (tertiary alicyclic amines) is 1. The summed E-state index contributed by atoms with van der Waals surface area (Å²) in [7, 11) is 2.05. The van der Waals surface area contributed by atoms with E-state index in [0.29, 0.717) is 19.4 Å². The van der Waals surface area contributed by atoms with Crippen LogP contribution in [0.3, 0.4) is 0 Å². The molecule has 5 rings (SSSR count). The van der Waals surface area contributed by atoms with Crippen LogP contribution >= 0.6 is 0 Å². The molecule has 1 spiro atoms. The Morgan fingerprint density at radius 3 is 2.44 bits per heavy atom. The van der Waals surface area contributed by atoms with Crippen molar-refractivity contribution in [1.29, 1.82) is 0 Å². The van der Waals surface area contributed by atoms with Crippen molar-refractivity contribution in [2.75, 3.05) is 19.6 Å². The van der Waals surface area contributed by atoms with E-state index >= 15 is 0 Å². The number of imidazole rings is 1. The van der Waals surface area contributed by atoms with Crippen LogP contribution in [0.5, 0.6) is 0 Å². The largest absolute Gasteiger partial charge is 0.330 e. The predicted octanol–water partition coefficient (Wildman–Crippen LogP) is 2.79. The van der Waals surface area contributed by atoms with Crippen LogP contribution in [0.25, 0.3) is 11.0 Å². The van der Waals surface area contributed by atoms with Crippen LogP contribution in [-0.4, -0.2) is 66.3 Å². The highest BCUT2D eigenvalue weighted by Gasteiger charge is 2.57. The van der Waals surface area contributed by atoms with Gasteiger partial charge in [0.2, 0.25) is 0 Å². The number of hydrogen-bond donors (Lipinski definition) is 0. The maximum Gasteiger partial charge on any atom is 0.328 e. The van der Waals surface area contributed by atoms with Crippen LogP contribution in [0.2, 0.25) is 0 Å². The monoisotopic (exact) mass is 432 g/mol. The number of amides is 3. The minimum atomic E-state index is -0.747. The number of piperidine rings is 1. The lowest BCUT2D eigenvalue weighted by atomic mass is 9.85. The zero-order chi connectivity index (χ0) is 22.3. The third-order valence-corrected chi connectivity index (χ3v) is 6.91. The number of rotatable bonds is 5. The van der Waals surface area contributed by atoms with E-state index in [4.69, 9.17) is 4.98 Å². The van der Waals surface area contributed by atoms with Gasteiger partial charge in [0.25, 0.3) is 5.91 Å². The van der Waals surface area contributed by atoms with E-state index in [1.54, 1.807) is 11.1 Å². The Bertz CT molecular complexity index is 1150. The molecule has 166 valence electrons. The topological polar surface area (TPSA) is 74.6 Å². The van der Waals surface area contributed by atoms with Crippen LogP contribution in [0.4, 0.5) is 4.79 Å². The summed E-state index contributed by atoms with van der Waals surface area (Å²) in [4.78, 5) is 41.2. The number of para-hydroxylation sites is 2. The molecule has 0 aliphatic carbocycles. The normalized spacial score (nSPS) is 18.9. The standard InChI is InChI=1S/C24H28N6O2/c1-3-30-23(32)29(16-18-8-6-7-13-25-18)22(31)24(30)11-14-28(15-12-24)17-21-26-19-9-4-5-10-20(19)27(21)2/h4-10,13H,3,11-12,14-17H2,1-2H3. The molecular formula is C24H28N6O2. The molecule has 0 saturated carbocycles. The number of aryl methyl sites for hydroxylation is 1. The van der Waals surface area contributed by atoms with Gasteiger partial charge in [-0.05, 0) is 44.0 Å². The van der Waals surface area contributed by atoms with Gasteiger partial charge in [0, 0.05) is 32.9 Å². The van der Waals surface area contributed by atoms with E-state index in [1.807, 2.05) is 50.4 Å². The van der Waals surface area contributed by atoms with Crippen molar-refractivity contribution in [2.45, 2.75) is 38.4 Å². The van der Waals surface area contributed by atoms with Gasteiger partial charge >= 0.3 is 6.03 Å². The average Bonchev–Trinajstić information content (AvgIpc) is 3.23. The minimum Gasteiger partial charge on any atom is -0.330 e. The quantitative estimate of drug-likeness (QED) is 0.580. The van der Waals surface area contributed by atoms with Gasteiger partial charge in [-0.25, -0.2) is 9.78 Å². The molecule has 0 radical (unpaired) electrons. The van der Waals surface area contributed by atoms with E-state index in [0.717, 1.165) is 42.2 Å². The summed E-state index contributed by atoms with van der Waals surface area (Å²) in [5.74, 6) is 0.928. The lowest BCUT2D eigenvalue weighted by Crippen LogP contribution is -2.56. The molecule has 0 unspecified atom stereocenters. The number of urea groups is 1. The molecule has 0 N–H and O–H groups in total. The van der Waals surface area contributed by atoms with Gasteiger partial charge in [0.15, 0.2) is 0 Å². The molecule has 2 fully saturated rings. The first kappa shape index (κ1) is 20.6. The lowest BCUT2D eigenvalue weighted by molar-refractivity contribution is -0.136. The van der Waals surface area contributed by atoms with Crippen molar-refractivity contribution < 1.29 is 9.59 Å².